The molecule has 1 aromatic heterocycles. The number of para-hydroxylation sites is 1. The van der Waals surface area contributed by atoms with Crippen LogP contribution in [0.4, 0.5) is 11.4 Å². The molecule has 36 heavy (non-hydrogen) atoms. The lowest BCUT2D eigenvalue weighted by atomic mass is 10.1. The summed E-state index contributed by atoms with van der Waals surface area (Å²) in [4.78, 5) is 29.8. The van der Waals surface area contributed by atoms with Gasteiger partial charge in [-0.3, -0.25) is 15.1 Å². The normalized spacial score (nSPS) is 11.6. The monoisotopic (exact) mass is 482 g/mol. The van der Waals surface area contributed by atoms with Gasteiger partial charge in [-0.15, -0.1) is 0 Å². The van der Waals surface area contributed by atoms with Crippen LogP contribution in [0, 0.1) is 6.92 Å². The van der Waals surface area contributed by atoms with Crippen molar-refractivity contribution in [2.75, 3.05) is 25.0 Å². The van der Waals surface area contributed by atoms with Crippen LogP contribution < -0.4 is 16.0 Å². The van der Waals surface area contributed by atoms with Gasteiger partial charge >= 0.3 is 5.97 Å². The molecular weight excluding hydrogens is 452 g/mol. The maximum atomic E-state index is 12.8. The summed E-state index contributed by atoms with van der Waals surface area (Å²) in [6, 6.07) is 26.1. The largest absolute Gasteiger partial charge is 0.465 e. The van der Waals surface area contributed by atoms with E-state index >= 15 is 0 Å². The molecule has 0 saturated heterocycles. The van der Waals surface area contributed by atoms with Crippen LogP contribution in [0.25, 0.3) is 10.9 Å². The number of carbonyl (C=O) groups excluding carboxylic acids is 2. The fourth-order valence-corrected chi connectivity index (χ4v) is 4.01. The Morgan fingerprint density at radius 2 is 1.69 bits per heavy atom. The number of nitrogens with one attached hydrogen (secondary N) is 3. The zero-order chi connectivity index (χ0) is 25.3. The van der Waals surface area contributed by atoms with Crippen molar-refractivity contribution in [2.45, 2.75) is 19.9 Å². The average Bonchev–Trinajstić information content (AvgIpc) is 2.89. The van der Waals surface area contributed by atoms with Gasteiger partial charge in [0, 0.05) is 41.1 Å². The molecule has 1 heterocycles. The van der Waals surface area contributed by atoms with Crippen LogP contribution in [0.1, 0.15) is 34.6 Å². The van der Waals surface area contributed by atoms with E-state index in [2.05, 4.69) is 20.9 Å². The van der Waals surface area contributed by atoms with E-state index in [4.69, 9.17) is 4.74 Å². The Labute approximate surface area is 210 Å². The van der Waals surface area contributed by atoms with Crippen molar-refractivity contribution in [3.05, 3.63) is 102 Å². The smallest absolute Gasteiger partial charge is 0.327 e. The Morgan fingerprint density at radius 3 is 2.50 bits per heavy atom. The highest BCUT2D eigenvalue weighted by atomic mass is 16.5. The number of hydrogen-bond donors (Lipinski definition) is 3. The van der Waals surface area contributed by atoms with E-state index < -0.39 is 6.04 Å². The van der Waals surface area contributed by atoms with Gasteiger partial charge in [-0.05, 0) is 49.7 Å². The van der Waals surface area contributed by atoms with Gasteiger partial charge in [0.05, 0.1) is 12.1 Å². The van der Waals surface area contributed by atoms with Gasteiger partial charge in [0.1, 0.15) is 6.04 Å². The van der Waals surface area contributed by atoms with E-state index in [9.17, 15) is 9.59 Å². The van der Waals surface area contributed by atoms with Crippen molar-refractivity contribution >= 4 is 34.2 Å². The predicted molar refractivity (Wildman–Crippen MR) is 142 cm³/mol. The maximum absolute atomic E-state index is 12.8. The Kier molecular flexibility index (Phi) is 8.26. The minimum absolute atomic E-state index is 0.191. The lowest BCUT2D eigenvalue weighted by molar-refractivity contribution is -0.145. The van der Waals surface area contributed by atoms with E-state index in [0.29, 0.717) is 25.3 Å². The van der Waals surface area contributed by atoms with E-state index in [1.54, 1.807) is 13.0 Å². The Hall–Kier alpha value is -4.23. The van der Waals surface area contributed by atoms with Crippen LogP contribution in [0.15, 0.2) is 84.9 Å². The highest BCUT2D eigenvalue weighted by molar-refractivity contribution is 5.96. The first-order valence-corrected chi connectivity index (χ1v) is 12.0. The fourth-order valence-electron chi connectivity index (χ4n) is 4.01. The number of benzene rings is 3. The molecule has 0 bridgehead atoms. The summed E-state index contributed by atoms with van der Waals surface area (Å²) >= 11 is 0. The number of rotatable bonds is 10. The number of aromatic nitrogens is 1. The Balaban J connectivity index is 1.37. The number of ether oxygens (including phenoxy) is 1. The van der Waals surface area contributed by atoms with E-state index in [0.717, 1.165) is 33.5 Å². The zero-order valence-corrected chi connectivity index (χ0v) is 20.5. The lowest BCUT2D eigenvalue weighted by Gasteiger charge is -2.18. The summed E-state index contributed by atoms with van der Waals surface area (Å²) < 4.78 is 5.20. The van der Waals surface area contributed by atoms with Crippen molar-refractivity contribution < 1.29 is 14.3 Å². The molecule has 4 aromatic rings. The third kappa shape index (κ3) is 6.25. The number of fused-ring (bicyclic) bond motifs is 1. The van der Waals surface area contributed by atoms with Crippen LogP contribution in [0.3, 0.4) is 0 Å². The molecule has 1 unspecified atom stereocenters. The first kappa shape index (κ1) is 24.9. The number of amides is 1. The van der Waals surface area contributed by atoms with Crippen molar-refractivity contribution in [3.8, 4) is 0 Å². The van der Waals surface area contributed by atoms with Gasteiger partial charge in [0.2, 0.25) is 0 Å². The second kappa shape index (κ2) is 12.0. The number of pyridine rings is 1. The molecule has 0 aliphatic carbocycles. The number of nitrogens with zero attached hydrogens (tertiary/aromatic N) is 1. The molecule has 0 fully saturated rings. The number of carbonyl (C=O) groups is 2. The summed E-state index contributed by atoms with van der Waals surface area (Å²) in [6.07, 6.45) is 0. The molecular formula is C29H30N4O3. The van der Waals surface area contributed by atoms with Crippen molar-refractivity contribution in [1.82, 2.24) is 15.6 Å². The number of aryl methyl sites for hydroxylation is 1. The third-order valence-electron chi connectivity index (χ3n) is 5.66. The minimum Gasteiger partial charge on any atom is -0.465 e. The van der Waals surface area contributed by atoms with Gasteiger partial charge in [0.15, 0.2) is 0 Å². The maximum Gasteiger partial charge on any atom is 0.327 e. The van der Waals surface area contributed by atoms with Crippen LogP contribution in [0.2, 0.25) is 0 Å². The molecule has 184 valence electrons. The second-order valence-corrected chi connectivity index (χ2v) is 8.34. The van der Waals surface area contributed by atoms with Crippen molar-refractivity contribution in [1.29, 1.82) is 0 Å². The molecule has 4 rings (SSSR count). The number of anilines is 2. The number of hydrogen-bond acceptors (Lipinski definition) is 6. The number of esters is 1. The van der Waals surface area contributed by atoms with Gasteiger partial charge < -0.3 is 15.4 Å². The summed E-state index contributed by atoms with van der Waals surface area (Å²) in [5, 5.41) is 10.5. The fraction of sp³-hybridized carbons (Fsp3) is 0.207. The van der Waals surface area contributed by atoms with E-state index in [1.165, 1.54) is 0 Å². The molecule has 0 radical (unpaired) electrons. The molecule has 7 heteroatoms. The molecule has 0 saturated carbocycles. The lowest BCUT2D eigenvalue weighted by Crippen LogP contribution is -2.37. The highest BCUT2D eigenvalue weighted by Crippen LogP contribution is 2.26. The van der Waals surface area contributed by atoms with Crippen LogP contribution in [-0.4, -0.2) is 36.6 Å². The zero-order valence-electron chi connectivity index (χ0n) is 20.5. The predicted octanol–water partition coefficient (Wildman–Crippen LogP) is 4.91. The Morgan fingerprint density at radius 1 is 0.917 bits per heavy atom. The first-order chi connectivity index (χ1) is 17.5. The van der Waals surface area contributed by atoms with Crippen LogP contribution in [-0.2, 0) is 9.53 Å². The SMILES string of the molecule is CCOC(=O)C(NCCNC(=O)c1cccc(Nc2cc(C)nc3ccccc23)c1)c1ccccc1. The summed E-state index contributed by atoms with van der Waals surface area (Å²) in [5.41, 5.74) is 4.93. The summed E-state index contributed by atoms with van der Waals surface area (Å²) in [5.74, 6) is -0.531. The molecule has 0 spiro atoms. The van der Waals surface area contributed by atoms with Gasteiger partial charge in [0.25, 0.3) is 5.91 Å². The van der Waals surface area contributed by atoms with Crippen molar-refractivity contribution in [2.24, 2.45) is 0 Å². The molecule has 1 amide bonds. The average molecular weight is 483 g/mol. The summed E-state index contributed by atoms with van der Waals surface area (Å²) in [7, 11) is 0. The molecule has 0 aliphatic rings. The van der Waals surface area contributed by atoms with E-state index in [-0.39, 0.29) is 11.9 Å². The second-order valence-electron chi connectivity index (χ2n) is 8.34. The Bertz CT molecular complexity index is 1340. The molecule has 3 aromatic carbocycles. The molecule has 3 N–H and O–H groups in total. The minimum atomic E-state index is -0.589. The van der Waals surface area contributed by atoms with Crippen LogP contribution in [0.5, 0.6) is 0 Å². The highest BCUT2D eigenvalue weighted by Gasteiger charge is 2.21. The van der Waals surface area contributed by atoms with E-state index in [1.807, 2.05) is 85.8 Å². The van der Waals surface area contributed by atoms with Gasteiger partial charge in [-0.1, -0.05) is 54.6 Å². The molecule has 1 atom stereocenters. The van der Waals surface area contributed by atoms with Crippen LogP contribution >= 0.6 is 0 Å². The standard InChI is InChI=1S/C29H30N4O3/c1-3-36-29(35)27(21-10-5-4-6-11-21)30-16-17-31-28(34)22-12-9-13-23(19-22)33-26-18-20(2)32-25-15-8-7-14-24(25)26/h4-15,18-19,27,30H,3,16-17H2,1-2H3,(H,31,34)(H,32,33). The topological polar surface area (TPSA) is 92.4 Å². The quantitative estimate of drug-likeness (QED) is 0.220. The van der Waals surface area contributed by atoms with Gasteiger partial charge in [-0.25, -0.2) is 4.79 Å². The first-order valence-electron chi connectivity index (χ1n) is 12.0. The summed E-state index contributed by atoms with van der Waals surface area (Å²) in [6.45, 7) is 4.80. The van der Waals surface area contributed by atoms with Gasteiger partial charge in [-0.2, -0.15) is 0 Å². The molecule has 0 aliphatic heterocycles. The van der Waals surface area contributed by atoms with Crippen molar-refractivity contribution in [3.63, 3.8) is 0 Å². The molecule has 7 nitrogen and oxygen atoms in total. The third-order valence-corrected chi connectivity index (χ3v) is 5.66.